The maximum absolute atomic E-state index is 5.80. The molecule has 1 aromatic rings. The summed E-state index contributed by atoms with van der Waals surface area (Å²) in [6, 6.07) is 1.84. The first kappa shape index (κ1) is 11.8. The fourth-order valence-electron chi connectivity index (χ4n) is 0.915. The maximum atomic E-state index is 5.80. The van der Waals surface area contributed by atoms with Crippen molar-refractivity contribution in [2.45, 2.75) is 32.7 Å². The van der Waals surface area contributed by atoms with Crippen LogP contribution in [-0.2, 0) is 0 Å². The molecule has 1 N–H and O–H groups in total. The molecule has 0 amide bonds. The van der Waals surface area contributed by atoms with Crippen LogP contribution < -0.4 is 5.32 Å². The molecule has 4 heteroatoms. The summed E-state index contributed by atoms with van der Waals surface area (Å²) < 4.78 is 0.895. The van der Waals surface area contributed by atoms with Crippen molar-refractivity contribution in [2.24, 2.45) is 0 Å². The average Bonchev–Trinajstić information content (AvgIpc) is 2.10. The minimum absolute atomic E-state index is 0.0450. The highest BCUT2D eigenvalue weighted by atomic mass is 79.9. The van der Waals surface area contributed by atoms with Crippen molar-refractivity contribution in [3.8, 4) is 0 Å². The van der Waals surface area contributed by atoms with Crippen LogP contribution in [0.15, 0.2) is 16.7 Å². The van der Waals surface area contributed by atoms with Gasteiger partial charge in [0.2, 0.25) is 0 Å². The largest absolute Gasteiger partial charge is 0.364 e. The number of nitrogens with one attached hydrogen (secondary N) is 1. The topological polar surface area (TPSA) is 24.9 Å². The van der Waals surface area contributed by atoms with Gasteiger partial charge >= 0.3 is 0 Å². The molecule has 0 saturated carbocycles. The fraction of sp³-hybridized carbons (Fsp3) is 0.500. The second kappa shape index (κ2) is 4.49. The van der Waals surface area contributed by atoms with Crippen LogP contribution in [0.3, 0.4) is 0 Å². The predicted octanol–water partition coefficient (Wildman–Crippen LogP) is 4.10. The van der Waals surface area contributed by atoms with Gasteiger partial charge in [-0.2, -0.15) is 0 Å². The predicted molar refractivity (Wildman–Crippen MR) is 64.9 cm³/mol. The summed E-state index contributed by atoms with van der Waals surface area (Å²) in [7, 11) is 0. The van der Waals surface area contributed by atoms with Gasteiger partial charge in [-0.05, 0) is 42.3 Å². The monoisotopic (exact) mass is 276 g/mol. The van der Waals surface area contributed by atoms with Crippen molar-refractivity contribution in [1.29, 1.82) is 0 Å². The number of aromatic nitrogens is 1. The Morgan fingerprint density at radius 1 is 1.57 bits per heavy atom. The Morgan fingerprint density at radius 2 is 2.21 bits per heavy atom. The fourth-order valence-corrected chi connectivity index (χ4v) is 1.65. The first-order valence-corrected chi connectivity index (χ1v) is 5.71. The second-order valence-corrected chi connectivity index (χ2v) is 5.14. The minimum atomic E-state index is 0.0450. The van der Waals surface area contributed by atoms with Crippen LogP contribution in [0, 0.1) is 0 Å². The van der Waals surface area contributed by atoms with Gasteiger partial charge in [0.15, 0.2) is 0 Å². The quantitative estimate of drug-likeness (QED) is 0.900. The van der Waals surface area contributed by atoms with Gasteiger partial charge in [0.1, 0.15) is 5.82 Å². The molecule has 1 heterocycles. The van der Waals surface area contributed by atoms with E-state index in [1.54, 1.807) is 6.20 Å². The summed E-state index contributed by atoms with van der Waals surface area (Å²) in [6.45, 7) is 6.41. The van der Waals surface area contributed by atoms with Crippen LogP contribution in [-0.4, -0.2) is 10.5 Å². The van der Waals surface area contributed by atoms with E-state index in [0.29, 0.717) is 5.02 Å². The summed E-state index contributed by atoms with van der Waals surface area (Å²) in [5.74, 6) is 0.834. The summed E-state index contributed by atoms with van der Waals surface area (Å²) in [6.07, 6.45) is 2.67. The van der Waals surface area contributed by atoms with E-state index in [1.807, 2.05) is 6.07 Å². The smallest absolute Gasteiger partial charge is 0.140 e. The van der Waals surface area contributed by atoms with Crippen molar-refractivity contribution in [3.63, 3.8) is 0 Å². The molecule has 0 saturated heterocycles. The highest BCUT2D eigenvalue weighted by Crippen LogP contribution is 2.26. The van der Waals surface area contributed by atoms with E-state index in [4.69, 9.17) is 11.6 Å². The van der Waals surface area contributed by atoms with Crippen LogP contribution in [0.4, 0.5) is 5.82 Å². The molecule has 0 aromatic carbocycles. The van der Waals surface area contributed by atoms with Gasteiger partial charge in [0, 0.05) is 11.7 Å². The standard InChI is InChI=1S/C10H14BrClN2/c1-4-10(2,3)14-9-8(11)5-7(12)6-13-9/h5-6H,4H2,1-3H3,(H,13,14). The second-order valence-electron chi connectivity index (χ2n) is 3.85. The number of hydrogen-bond acceptors (Lipinski definition) is 2. The van der Waals surface area contributed by atoms with Crippen molar-refractivity contribution >= 4 is 33.3 Å². The number of hydrogen-bond donors (Lipinski definition) is 1. The summed E-state index contributed by atoms with van der Waals surface area (Å²) in [5.41, 5.74) is 0.0450. The van der Waals surface area contributed by atoms with E-state index in [2.05, 4.69) is 47.0 Å². The Morgan fingerprint density at radius 3 is 2.71 bits per heavy atom. The number of halogens is 2. The Kier molecular flexibility index (Phi) is 3.78. The first-order chi connectivity index (χ1) is 6.44. The van der Waals surface area contributed by atoms with Gasteiger partial charge in [-0.25, -0.2) is 4.98 Å². The SMILES string of the molecule is CCC(C)(C)Nc1ncc(Cl)cc1Br. The van der Waals surface area contributed by atoms with Crippen molar-refractivity contribution in [1.82, 2.24) is 4.98 Å². The van der Waals surface area contributed by atoms with Gasteiger partial charge < -0.3 is 5.32 Å². The van der Waals surface area contributed by atoms with E-state index in [9.17, 15) is 0 Å². The zero-order valence-electron chi connectivity index (χ0n) is 8.56. The molecule has 0 radical (unpaired) electrons. The number of nitrogens with zero attached hydrogens (tertiary/aromatic N) is 1. The highest BCUT2D eigenvalue weighted by molar-refractivity contribution is 9.10. The van der Waals surface area contributed by atoms with Crippen LogP contribution in [0.1, 0.15) is 27.2 Å². The molecule has 0 aliphatic carbocycles. The normalized spacial score (nSPS) is 11.5. The molecule has 0 unspecified atom stereocenters. The minimum Gasteiger partial charge on any atom is -0.364 e. The Bertz CT molecular complexity index is 326. The molecule has 0 fully saturated rings. The molecule has 0 aliphatic rings. The van der Waals surface area contributed by atoms with E-state index < -0.39 is 0 Å². The molecular formula is C10H14BrClN2. The Balaban J connectivity index is 2.87. The van der Waals surface area contributed by atoms with Crippen molar-refractivity contribution < 1.29 is 0 Å². The number of anilines is 1. The van der Waals surface area contributed by atoms with E-state index in [-0.39, 0.29) is 5.54 Å². The third-order valence-corrected chi connectivity index (χ3v) is 2.96. The third-order valence-electron chi connectivity index (χ3n) is 2.15. The van der Waals surface area contributed by atoms with Gasteiger partial charge in [0.25, 0.3) is 0 Å². The molecule has 2 nitrogen and oxygen atoms in total. The Labute approximate surface area is 98.2 Å². The van der Waals surface area contributed by atoms with Crippen molar-refractivity contribution in [2.75, 3.05) is 5.32 Å². The highest BCUT2D eigenvalue weighted by Gasteiger charge is 2.16. The lowest BCUT2D eigenvalue weighted by Crippen LogP contribution is -2.30. The molecule has 14 heavy (non-hydrogen) atoms. The maximum Gasteiger partial charge on any atom is 0.140 e. The van der Waals surface area contributed by atoms with E-state index in [1.165, 1.54) is 0 Å². The van der Waals surface area contributed by atoms with Crippen molar-refractivity contribution in [3.05, 3.63) is 21.8 Å². The lowest BCUT2D eigenvalue weighted by molar-refractivity contribution is 0.544. The zero-order chi connectivity index (χ0) is 10.8. The average molecular weight is 278 g/mol. The third kappa shape index (κ3) is 3.14. The molecular weight excluding hydrogens is 263 g/mol. The van der Waals surface area contributed by atoms with Crippen LogP contribution in [0.25, 0.3) is 0 Å². The molecule has 0 atom stereocenters. The summed E-state index contributed by atoms with van der Waals surface area (Å²) in [5, 5.41) is 3.98. The lowest BCUT2D eigenvalue weighted by Gasteiger charge is -2.25. The molecule has 78 valence electrons. The van der Waals surface area contributed by atoms with Gasteiger partial charge in [-0.1, -0.05) is 18.5 Å². The zero-order valence-corrected chi connectivity index (χ0v) is 10.9. The van der Waals surface area contributed by atoms with Crippen LogP contribution in [0.2, 0.25) is 5.02 Å². The molecule has 0 bridgehead atoms. The summed E-state index contributed by atoms with van der Waals surface area (Å²) >= 11 is 9.22. The van der Waals surface area contributed by atoms with Gasteiger partial charge in [-0.3, -0.25) is 0 Å². The molecule has 1 aromatic heterocycles. The van der Waals surface area contributed by atoms with Crippen LogP contribution in [0.5, 0.6) is 0 Å². The first-order valence-electron chi connectivity index (χ1n) is 4.54. The summed E-state index contributed by atoms with van der Waals surface area (Å²) in [4.78, 5) is 4.22. The van der Waals surface area contributed by atoms with Gasteiger partial charge in [0.05, 0.1) is 9.50 Å². The molecule has 0 aliphatic heterocycles. The molecule has 0 spiro atoms. The number of rotatable bonds is 3. The van der Waals surface area contributed by atoms with E-state index in [0.717, 1.165) is 16.7 Å². The van der Waals surface area contributed by atoms with Gasteiger partial charge in [-0.15, -0.1) is 0 Å². The van der Waals surface area contributed by atoms with Crippen LogP contribution >= 0.6 is 27.5 Å². The lowest BCUT2D eigenvalue weighted by atomic mass is 10.0. The Hall–Kier alpha value is -0.280. The molecule has 1 rings (SSSR count). The van der Waals surface area contributed by atoms with E-state index >= 15 is 0 Å². The number of pyridine rings is 1.